The highest BCUT2D eigenvalue weighted by molar-refractivity contribution is 7.99. The Labute approximate surface area is 102 Å². The van der Waals surface area contributed by atoms with Crippen molar-refractivity contribution < 1.29 is 13.5 Å². The molecule has 0 aliphatic rings. The quantitative estimate of drug-likeness (QED) is 0.582. The van der Waals surface area contributed by atoms with Crippen LogP contribution in [-0.2, 0) is 0 Å². The Balaban J connectivity index is 2.45. The van der Waals surface area contributed by atoms with E-state index in [0.29, 0.717) is 16.8 Å². The molecule has 0 unspecified atom stereocenters. The van der Waals surface area contributed by atoms with Gasteiger partial charge in [-0.2, -0.15) is 18.9 Å². The minimum atomic E-state index is -1.67. The maximum Gasteiger partial charge on any atom is 0.266 e. The second kappa shape index (κ2) is 7.16. The predicted octanol–water partition coefficient (Wildman–Crippen LogP) is 2.92. The van der Waals surface area contributed by atoms with E-state index in [0.717, 1.165) is 6.08 Å². The van der Waals surface area contributed by atoms with Gasteiger partial charge in [-0.25, -0.2) is 0 Å². The van der Waals surface area contributed by atoms with Crippen molar-refractivity contribution in [1.82, 2.24) is 15.2 Å². The topological polar surface area (TPSA) is 47.9 Å². The van der Waals surface area contributed by atoms with Gasteiger partial charge in [-0.15, -0.1) is 5.10 Å². The number of hydrogen-bond acceptors (Lipinski definition) is 5. The van der Waals surface area contributed by atoms with E-state index in [1.165, 1.54) is 18.0 Å². The Bertz CT molecular complexity index is 384. The van der Waals surface area contributed by atoms with Crippen molar-refractivity contribution in [2.24, 2.45) is 0 Å². The molecular formula is C10H13F2N3OS. The van der Waals surface area contributed by atoms with Crippen molar-refractivity contribution in [1.29, 1.82) is 0 Å². The van der Waals surface area contributed by atoms with Crippen LogP contribution in [0, 0.1) is 0 Å². The maximum atomic E-state index is 11.8. The van der Waals surface area contributed by atoms with Gasteiger partial charge in [0.15, 0.2) is 0 Å². The van der Waals surface area contributed by atoms with Crippen LogP contribution in [-0.4, -0.2) is 27.0 Å². The van der Waals surface area contributed by atoms with E-state index < -0.39 is 6.08 Å². The summed E-state index contributed by atoms with van der Waals surface area (Å²) in [5.41, 5.74) is 0. The highest BCUT2D eigenvalue weighted by Gasteiger charge is 2.03. The van der Waals surface area contributed by atoms with E-state index in [2.05, 4.69) is 15.2 Å². The molecule has 1 heterocycles. The lowest BCUT2D eigenvalue weighted by Crippen LogP contribution is -2.08. The third-order valence-corrected chi connectivity index (χ3v) is 2.39. The molecule has 1 aromatic rings. The number of rotatable bonds is 6. The van der Waals surface area contributed by atoms with Gasteiger partial charge in [-0.1, -0.05) is 11.8 Å². The van der Waals surface area contributed by atoms with E-state index in [4.69, 9.17) is 4.74 Å². The van der Waals surface area contributed by atoms with Crippen LogP contribution in [0.5, 0.6) is 5.88 Å². The molecule has 4 nitrogen and oxygen atoms in total. The number of ether oxygens (including phenoxy) is 1. The number of halogens is 2. The summed E-state index contributed by atoms with van der Waals surface area (Å²) in [6.07, 6.45) is 0.903. The molecule has 0 aliphatic carbocycles. The zero-order valence-corrected chi connectivity index (χ0v) is 10.4. The second-order valence-corrected chi connectivity index (χ2v) is 4.44. The van der Waals surface area contributed by atoms with Crippen molar-refractivity contribution in [2.75, 3.05) is 5.75 Å². The van der Waals surface area contributed by atoms with Gasteiger partial charge >= 0.3 is 0 Å². The van der Waals surface area contributed by atoms with Crippen LogP contribution in [0.25, 0.3) is 0 Å². The monoisotopic (exact) mass is 261 g/mol. The molecule has 0 atom stereocenters. The zero-order valence-electron chi connectivity index (χ0n) is 9.56. The first-order valence-corrected chi connectivity index (χ1v) is 6.07. The van der Waals surface area contributed by atoms with E-state index in [1.807, 2.05) is 13.8 Å². The molecule has 0 saturated carbocycles. The Kier molecular flexibility index (Phi) is 5.82. The van der Waals surface area contributed by atoms with Crippen LogP contribution in [0.2, 0.25) is 0 Å². The second-order valence-electron chi connectivity index (χ2n) is 3.37. The highest BCUT2D eigenvalue weighted by atomic mass is 32.2. The number of thioether (sulfide) groups is 1. The smallest absolute Gasteiger partial charge is 0.266 e. The molecule has 0 aliphatic heterocycles. The summed E-state index contributed by atoms with van der Waals surface area (Å²) in [5.74, 6) is 0.870. The molecule has 0 aromatic carbocycles. The van der Waals surface area contributed by atoms with Gasteiger partial charge in [0.05, 0.1) is 6.10 Å². The summed E-state index contributed by atoms with van der Waals surface area (Å²) in [6, 6.07) is 0. The summed E-state index contributed by atoms with van der Waals surface area (Å²) in [6.45, 7) is 3.76. The van der Waals surface area contributed by atoms with Crippen LogP contribution >= 0.6 is 11.8 Å². The van der Waals surface area contributed by atoms with Crippen LogP contribution in [0.1, 0.15) is 20.3 Å². The normalized spacial score (nSPS) is 10.4. The molecule has 0 bridgehead atoms. The summed E-state index contributed by atoms with van der Waals surface area (Å²) < 4.78 is 28.9. The van der Waals surface area contributed by atoms with Gasteiger partial charge in [-0.3, -0.25) is 0 Å². The molecule has 0 N–H and O–H groups in total. The molecular weight excluding hydrogens is 248 g/mol. The predicted molar refractivity (Wildman–Crippen MR) is 61.2 cm³/mol. The first-order valence-electron chi connectivity index (χ1n) is 5.08. The lowest BCUT2D eigenvalue weighted by atomic mass is 10.5. The zero-order chi connectivity index (χ0) is 12.7. The van der Waals surface area contributed by atoms with Gasteiger partial charge < -0.3 is 4.74 Å². The maximum absolute atomic E-state index is 11.8. The van der Waals surface area contributed by atoms with Crippen molar-refractivity contribution in [2.45, 2.75) is 31.5 Å². The van der Waals surface area contributed by atoms with E-state index in [9.17, 15) is 8.78 Å². The van der Waals surface area contributed by atoms with Gasteiger partial charge in [0.25, 0.3) is 6.08 Å². The van der Waals surface area contributed by atoms with Gasteiger partial charge in [0.2, 0.25) is 11.0 Å². The van der Waals surface area contributed by atoms with E-state index in [1.54, 1.807) is 0 Å². The van der Waals surface area contributed by atoms with E-state index in [-0.39, 0.29) is 12.5 Å². The average Bonchev–Trinajstić information content (AvgIpc) is 2.24. The molecule has 0 fully saturated rings. The Morgan fingerprint density at radius 3 is 2.94 bits per heavy atom. The van der Waals surface area contributed by atoms with Crippen LogP contribution < -0.4 is 4.74 Å². The third-order valence-electron chi connectivity index (χ3n) is 1.52. The standard InChI is InChI=1S/C10H13F2N3OS/c1-7(2)16-9-6-13-15-10(14-9)17-5-3-4-8(11)12/h4,6-7H,3,5H2,1-2H3. The van der Waals surface area contributed by atoms with Gasteiger partial charge in [0, 0.05) is 5.75 Å². The van der Waals surface area contributed by atoms with Crippen molar-refractivity contribution in [3.63, 3.8) is 0 Å². The SMILES string of the molecule is CC(C)Oc1cnnc(SCCC=C(F)F)n1. The fraction of sp³-hybridized carbons (Fsp3) is 0.500. The van der Waals surface area contributed by atoms with E-state index >= 15 is 0 Å². The van der Waals surface area contributed by atoms with Gasteiger partial charge in [-0.05, 0) is 26.3 Å². The Morgan fingerprint density at radius 1 is 1.53 bits per heavy atom. The molecule has 0 amide bonds. The molecule has 0 saturated heterocycles. The van der Waals surface area contributed by atoms with Crippen molar-refractivity contribution >= 4 is 11.8 Å². The molecule has 17 heavy (non-hydrogen) atoms. The first kappa shape index (κ1) is 13.8. The fourth-order valence-corrected chi connectivity index (χ4v) is 1.63. The number of hydrogen-bond donors (Lipinski definition) is 0. The van der Waals surface area contributed by atoms with Crippen LogP contribution in [0.4, 0.5) is 8.78 Å². The highest BCUT2D eigenvalue weighted by Crippen LogP contribution is 2.16. The number of aromatic nitrogens is 3. The minimum absolute atomic E-state index is 0.00752. The lowest BCUT2D eigenvalue weighted by molar-refractivity contribution is 0.228. The number of allylic oxidation sites excluding steroid dienone is 1. The number of nitrogens with zero attached hydrogens (tertiary/aromatic N) is 3. The molecule has 7 heteroatoms. The Morgan fingerprint density at radius 2 is 2.29 bits per heavy atom. The Hall–Kier alpha value is -1.24. The van der Waals surface area contributed by atoms with Gasteiger partial charge in [0.1, 0.15) is 6.20 Å². The minimum Gasteiger partial charge on any atom is -0.474 e. The summed E-state index contributed by atoms with van der Waals surface area (Å²) in [7, 11) is 0. The summed E-state index contributed by atoms with van der Waals surface area (Å²) in [4.78, 5) is 4.09. The van der Waals surface area contributed by atoms with Crippen LogP contribution in [0.15, 0.2) is 23.5 Å². The molecule has 1 rings (SSSR count). The van der Waals surface area contributed by atoms with Crippen molar-refractivity contribution in [3.8, 4) is 5.88 Å². The van der Waals surface area contributed by atoms with Crippen LogP contribution in [0.3, 0.4) is 0 Å². The fourth-order valence-electron chi connectivity index (χ4n) is 0.951. The first-order chi connectivity index (χ1) is 8.08. The summed E-state index contributed by atoms with van der Waals surface area (Å²) in [5, 5.41) is 7.93. The lowest BCUT2D eigenvalue weighted by Gasteiger charge is -2.07. The molecule has 0 spiro atoms. The third kappa shape index (κ3) is 6.15. The van der Waals surface area contributed by atoms with Crippen molar-refractivity contribution in [3.05, 3.63) is 18.4 Å². The summed E-state index contributed by atoms with van der Waals surface area (Å²) >= 11 is 1.26. The largest absolute Gasteiger partial charge is 0.474 e. The average molecular weight is 261 g/mol. The molecule has 0 radical (unpaired) electrons. The molecule has 94 valence electrons. The molecule has 1 aromatic heterocycles.